The topological polar surface area (TPSA) is 92.2 Å². The van der Waals surface area contributed by atoms with Gasteiger partial charge in [-0.2, -0.15) is 0 Å². The number of aromatic nitrogens is 1. The fourth-order valence-electron chi connectivity index (χ4n) is 3.61. The van der Waals surface area contributed by atoms with Gasteiger partial charge in [0.25, 0.3) is 5.91 Å². The summed E-state index contributed by atoms with van der Waals surface area (Å²) in [5.74, 6) is -3.30. The van der Waals surface area contributed by atoms with Gasteiger partial charge in [-0.1, -0.05) is 34.1 Å². The Morgan fingerprint density at radius 2 is 1.56 bits per heavy atom. The molecule has 0 aliphatic heterocycles. The summed E-state index contributed by atoms with van der Waals surface area (Å²) >= 11 is 3.39. The molecule has 0 aliphatic rings. The maximum atomic E-state index is 13.9. The first-order chi connectivity index (χ1) is 16.2. The first kappa shape index (κ1) is 23.2. The normalized spacial score (nSPS) is 10.7. The van der Waals surface area contributed by atoms with Gasteiger partial charge in [0.2, 0.25) is 0 Å². The van der Waals surface area contributed by atoms with E-state index in [0.29, 0.717) is 16.6 Å². The van der Waals surface area contributed by atoms with Crippen LogP contribution in [-0.4, -0.2) is 22.4 Å². The highest BCUT2D eigenvalue weighted by atomic mass is 79.9. The molecule has 4 aromatic rings. The summed E-state index contributed by atoms with van der Waals surface area (Å²) in [7, 11) is 0. The van der Waals surface area contributed by atoms with Crippen molar-refractivity contribution in [1.82, 2.24) is 4.68 Å². The zero-order valence-electron chi connectivity index (χ0n) is 18.3. The molecular formula is C25H20BrFN4O3. The number of benzene rings is 3. The first-order valence-electron chi connectivity index (χ1n) is 10.3. The molecule has 0 fully saturated rings. The molecule has 34 heavy (non-hydrogen) atoms. The summed E-state index contributed by atoms with van der Waals surface area (Å²) in [4.78, 5) is 38.2. The van der Waals surface area contributed by atoms with Crippen LogP contribution in [0.4, 0.5) is 15.8 Å². The number of carbonyl (C=O) groups is 3. The number of anilines is 2. The molecule has 0 radical (unpaired) electrons. The minimum Gasteiger partial charge on any atom is -0.321 e. The molecule has 0 aliphatic carbocycles. The molecule has 0 spiro atoms. The number of halogens is 2. The van der Waals surface area contributed by atoms with Gasteiger partial charge in [0.1, 0.15) is 11.5 Å². The van der Waals surface area contributed by atoms with Gasteiger partial charge in [0, 0.05) is 15.5 Å². The Morgan fingerprint density at radius 3 is 2.26 bits per heavy atom. The van der Waals surface area contributed by atoms with Crippen molar-refractivity contribution < 1.29 is 18.8 Å². The van der Waals surface area contributed by atoms with Crippen LogP contribution >= 0.6 is 15.9 Å². The minimum atomic E-state index is -1.08. The highest BCUT2D eigenvalue weighted by molar-refractivity contribution is 9.10. The van der Waals surface area contributed by atoms with E-state index in [4.69, 9.17) is 0 Å². The van der Waals surface area contributed by atoms with Gasteiger partial charge in [-0.15, -0.1) is 0 Å². The van der Waals surface area contributed by atoms with E-state index in [1.807, 2.05) is 32.0 Å². The van der Waals surface area contributed by atoms with Gasteiger partial charge in [0.05, 0.1) is 11.2 Å². The van der Waals surface area contributed by atoms with Crippen LogP contribution in [0.15, 0.2) is 71.2 Å². The van der Waals surface area contributed by atoms with Crippen LogP contribution in [0.5, 0.6) is 0 Å². The molecule has 0 unspecified atom stereocenters. The number of para-hydroxylation sites is 1. The van der Waals surface area contributed by atoms with Crippen LogP contribution in [0.3, 0.4) is 0 Å². The molecule has 1 aromatic heterocycles. The van der Waals surface area contributed by atoms with Crippen molar-refractivity contribution in [3.8, 4) is 0 Å². The summed E-state index contributed by atoms with van der Waals surface area (Å²) in [5, 5.41) is 5.73. The number of carbonyl (C=O) groups excluding carboxylic acids is 3. The van der Waals surface area contributed by atoms with E-state index in [1.165, 1.54) is 28.9 Å². The van der Waals surface area contributed by atoms with E-state index in [2.05, 4.69) is 32.0 Å². The van der Waals surface area contributed by atoms with E-state index in [1.54, 1.807) is 24.3 Å². The van der Waals surface area contributed by atoms with Crippen molar-refractivity contribution in [2.75, 3.05) is 16.1 Å². The predicted molar refractivity (Wildman–Crippen MR) is 133 cm³/mol. The Hall–Kier alpha value is -3.98. The minimum absolute atomic E-state index is 0.110. The molecule has 9 heteroatoms. The largest absolute Gasteiger partial charge is 0.328 e. The number of hydrogen-bond donors (Lipinski definition) is 3. The van der Waals surface area contributed by atoms with E-state index in [9.17, 15) is 18.8 Å². The van der Waals surface area contributed by atoms with Gasteiger partial charge >= 0.3 is 11.8 Å². The van der Waals surface area contributed by atoms with Crippen molar-refractivity contribution in [3.63, 3.8) is 0 Å². The molecule has 0 saturated carbocycles. The average Bonchev–Trinajstić information content (AvgIpc) is 3.12. The van der Waals surface area contributed by atoms with Crippen molar-refractivity contribution in [1.29, 1.82) is 0 Å². The average molecular weight is 523 g/mol. The zero-order chi connectivity index (χ0) is 24.4. The molecule has 7 nitrogen and oxygen atoms in total. The number of nitrogens with zero attached hydrogens (tertiary/aromatic N) is 1. The second-order valence-corrected chi connectivity index (χ2v) is 8.69. The Bertz CT molecular complexity index is 1430. The van der Waals surface area contributed by atoms with Crippen molar-refractivity contribution >= 4 is 55.9 Å². The third-order valence-corrected chi connectivity index (χ3v) is 5.51. The summed E-state index contributed by atoms with van der Waals surface area (Å²) < 4.78 is 15.9. The lowest BCUT2D eigenvalue weighted by molar-refractivity contribution is -0.133. The van der Waals surface area contributed by atoms with Gasteiger partial charge in [-0.05, 0) is 73.5 Å². The van der Waals surface area contributed by atoms with E-state index < -0.39 is 23.5 Å². The Morgan fingerprint density at radius 1 is 0.853 bits per heavy atom. The molecule has 172 valence electrons. The van der Waals surface area contributed by atoms with Crippen LogP contribution in [0, 0.1) is 19.7 Å². The predicted octanol–water partition coefficient (Wildman–Crippen LogP) is 5.12. The van der Waals surface area contributed by atoms with Gasteiger partial charge < -0.3 is 10.6 Å². The van der Waals surface area contributed by atoms with Gasteiger partial charge in [-0.3, -0.25) is 19.8 Å². The molecule has 0 bridgehead atoms. The lowest BCUT2D eigenvalue weighted by Crippen LogP contribution is -2.36. The number of amides is 3. The van der Waals surface area contributed by atoms with Crippen LogP contribution in [0.1, 0.15) is 21.6 Å². The summed E-state index contributed by atoms with van der Waals surface area (Å²) in [5.41, 5.74) is 5.50. The molecule has 1 heterocycles. The SMILES string of the molecule is Cc1cc(C)cc(NC(=O)c2cc3cc(Br)ccc3n2NC(=O)C(=O)Nc2ccccc2F)c1. The van der Waals surface area contributed by atoms with E-state index in [0.717, 1.165) is 15.6 Å². The van der Waals surface area contributed by atoms with E-state index >= 15 is 0 Å². The molecule has 3 amide bonds. The second-order valence-electron chi connectivity index (χ2n) is 7.77. The molecule has 0 saturated heterocycles. The summed E-state index contributed by atoms with van der Waals surface area (Å²) in [6.07, 6.45) is 0. The number of hydrogen-bond acceptors (Lipinski definition) is 3. The Kier molecular flexibility index (Phi) is 6.47. The fraction of sp³-hybridized carbons (Fsp3) is 0.0800. The van der Waals surface area contributed by atoms with Crippen molar-refractivity contribution in [2.45, 2.75) is 13.8 Å². The lowest BCUT2D eigenvalue weighted by atomic mass is 10.1. The van der Waals surface area contributed by atoms with Gasteiger partial charge in [-0.25, -0.2) is 9.07 Å². The third kappa shape index (κ3) is 4.99. The maximum Gasteiger partial charge on any atom is 0.328 e. The van der Waals surface area contributed by atoms with E-state index in [-0.39, 0.29) is 11.4 Å². The highest BCUT2D eigenvalue weighted by Gasteiger charge is 2.22. The number of fused-ring (bicyclic) bond motifs is 1. The standard InChI is InChI=1S/C25H20BrFN4O3/c1-14-9-15(2)11-18(10-14)28-23(32)22-13-16-12-17(26)7-8-21(16)31(22)30-25(34)24(33)29-20-6-4-3-5-19(20)27/h3-13H,1-2H3,(H,28,32)(H,29,33)(H,30,34). The number of rotatable bonds is 4. The smallest absolute Gasteiger partial charge is 0.321 e. The molecule has 3 N–H and O–H groups in total. The fourth-order valence-corrected chi connectivity index (χ4v) is 3.99. The van der Waals surface area contributed by atoms with Crippen molar-refractivity contribution in [3.05, 3.63) is 93.8 Å². The number of nitrogens with one attached hydrogen (secondary N) is 3. The van der Waals surface area contributed by atoms with Crippen LogP contribution in [0.2, 0.25) is 0 Å². The zero-order valence-corrected chi connectivity index (χ0v) is 19.9. The third-order valence-electron chi connectivity index (χ3n) is 5.02. The van der Waals surface area contributed by atoms with Crippen LogP contribution in [-0.2, 0) is 9.59 Å². The second kappa shape index (κ2) is 9.48. The van der Waals surface area contributed by atoms with Crippen LogP contribution < -0.4 is 16.1 Å². The summed E-state index contributed by atoms with van der Waals surface area (Å²) in [6, 6.07) is 18.0. The number of aryl methyl sites for hydroxylation is 2. The lowest BCUT2D eigenvalue weighted by Gasteiger charge is -2.13. The Balaban J connectivity index is 1.65. The molecule has 0 atom stereocenters. The molecule has 4 rings (SSSR count). The first-order valence-corrected chi connectivity index (χ1v) is 11.1. The van der Waals surface area contributed by atoms with Crippen molar-refractivity contribution in [2.24, 2.45) is 0 Å². The quantitative estimate of drug-likeness (QED) is 0.325. The van der Waals surface area contributed by atoms with Gasteiger partial charge in [0.15, 0.2) is 0 Å². The Labute approximate surface area is 203 Å². The maximum absolute atomic E-state index is 13.9. The molecular weight excluding hydrogens is 503 g/mol. The van der Waals surface area contributed by atoms with Crippen LogP contribution in [0.25, 0.3) is 10.9 Å². The summed E-state index contributed by atoms with van der Waals surface area (Å²) in [6.45, 7) is 3.84. The highest BCUT2D eigenvalue weighted by Crippen LogP contribution is 2.24. The monoisotopic (exact) mass is 522 g/mol. The molecule has 3 aromatic carbocycles.